The van der Waals surface area contributed by atoms with Gasteiger partial charge in [-0.05, 0) is 19.1 Å². The zero-order chi connectivity index (χ0) is 13.8. The van der Waals surface area contributed by atoms with Crippen LogP contribution in [0, 0.1) is 0 Å². The Morgan fingerprint density at radius 2 is 2.22 bits per heavy atom. The average Bonchev–Trinajstić information content (AvgIpc) is 2.26. The number of nitrogens with zero attached hydrogens (tertiary/aromatic N) is 1. The molecule has 0 saturated carbocycles. The van der Waals surface area contributed by atoms with Crippen molar-refractivity contribution >= 4 is 21.6 Å². The summed E-state index contributed by atoms with van der Waals surface area (Å²) in [5, 5.41) is 2.57. The summed E-state index contributed by atoms with van der Waals surface area (Å²) < 4.78 is 22.2. The first kappa shape index (κ1) is 14.4. The summed E-state index contributed by atoms with van der Waals surface area (Å²) in [5.74, 6) is 4.93. The monoisotopic (exact) mass is 272 g/mol. The van der Waals surface area contributed by atoms with Crippen molar-refractivity contribution in [1.82, 2.24) is 10.3 Å². The van der Waals surface area contributed by atoms with Gasteiger partial charge in [0, 0.05) is 18.5 Å². The lowest BCUT2D eigenvalue weighted by Gasteiger charge is -2.14. The van der Waals surface area contributed by atoms with Crippen molar-refractivity contribution < 1.29 is 13.2 Å². The van der Waals surface area contributed by atoms with Crippen LogP contribution in [0.1, 0.15) is 17.3 Å². The smallest absolute Gasteiger partial charge is 0.255 e. The number of amides is 1. The minimum Gasteiger partial charge on any atom is -0.348 e. The molecular formula is C10H16N4O3S. The van der Waals surface area contributed by atoms with E-state index in [-0.39, 0.29) is 17.1 Å². The Morgan fingerprint density at radius 3 is 2.78 bits per heavy atom. The van der Waals surface area contributed by atoms with Crippen LogP contribution in [-0.4, -0.2) is 37.4 Å². The molecule has 1 unspecified atom stereocenters. The highest BCUT2D eigenvalue weighted by Crippen LogP contribution is 2.09. The van der Waals surface area contributed by atoms with Gasteiger partial charge in [0.25, 0.3) is 5.91 Å². The van der Waals surface area contributed by atoms with Gasteiger partial charge < -0.3 is 10.7 Å². The Kier molecular flexibility index (Phi) is 4.62. The van der Waals surface area contributed by atoms with Gasteiger partial charge in [-0.2, -0.15) is 0 Å². The summed E-state index contributed by atoms with van der Waals surface area (Å²) in [7, 11) is -3.14. The Bertz CT molecular complexity index is 530. The topological polar surface area (TPSA) is 114 Å². The summed E-state index contributed by atoms with van der Waals surface area (Å²) in [5.41, 5.74) is 2.57. The minimum atomic E-state index is -3.14. The van der Waals surface area contributed by atoms with Crippen molar-refractivity contribution in [1.29, 1.82) is 0 Å². The molecule has 0 aromatic carbocycles. The molecule has 0 saturated heterocycles. The lowest BCUT2D eigenvalue weighted by molar-refractivity contribution is 0.0944. The van der Waals surface area contributed by atoms with Crippen molar-refractivity contribution in [2.75, 3.05) is 17.4 Å². The maximum Gasteiger partial charge on any atom is 0.255 e. The summed E-state index contributed by atoms with van der Waals surface area (Å²) >= 11 is 0. The molecule has 100 valence electrons. The van der Waals surface area contributed by atoms with Crippen LogP contribution in [0.2, 0.25) is 0 Å². The predicted octanol–water partition coefficient (Wildman–Crippen LogP) is -0.470. The molecule has 1 atom stereocenters. The van der Waals surface area contributed by atoms with Crippen molar-refractivity contribution in [2.24, 2.45) is 5.84 Å². The maximum atomic E-state index is 11.9. The number of sulfone groups is 1. The lowest BCUT2D eigenvalue weighted by atomic mass is 10.2. The molecule has 7 nitrogen and oxygen atoms in total. The molecule has 0 fully saturated rings. The molecule has 18 heavy (non-hydrogen) atoms. The van der Waals surface area contributed by atoms with Crippen LogP contribution in [0.3, 0.4) is 0 Å². The Labute approximate surface area is 106 Å². The Morgan fingerprint density at radius 1 is 1.56 bits per heavy atom. The second kappa shape index (κ2) is 5.78. The number of carbonyl (C=O) groups excluding carboxylic acids is 1. The van der Waals surface area contributed by atoms with E-state index in [1.807, 2.05) is 0 Å². The first-order valence-electron chi connectivity index (χ1n) is 5.23. The van der Waals surface area contributed by atoms with Crippen LogP contribution in [0.5, 0.6) is 0 Å². The fourth-order valence-corrected chi connectivity index (χ4v) is 2.49. The molecule has 1 amide bonds. The van der Waals surface area contributed by atoms with E-state index < -0.39 is 21.8 Å². The third-order valence-electron chi connectivity index (χ3n) is 2.12. The van der Waals surface area contributed by atoms with Crippen LogP contribution in [0.15, 0.2) is 18.3 Å². The number of nitrogens with two attached hydrogens (primary N) is 1. The number of nitrogen functional groups attached to an aromatic ring is 1. The standard InChI is InChI=1S/C10H16N4O3S/c1-7(6-18(2,16)17)13-10(15)8-4-3-5-12-9(8)14-11/h3-5,7H,6,11H2,1-2H3,(H,12,14)(H,13,15). The predicted molar refractivity (Wildman–Crippen MR) is 68.7 cm³/mol. The quantitative estimate of drug-likeness (QED) is 0.493. The van der Waals surface area contributed by atoms with Crippen molar-refractivity contribution in [2.45, 2.75) is 13.0 Å². The highest BCUT2D eigenvalue weighted by atomic mass is 32.2. The SMILES string of the molecule is CC(CS(C)(=O)=O)NC(=O)c1cccnc1NN. The number of hydrazine groups is 1. The second-order valence-electron chi connectivity index (χ2n) is 4.01. The fraction of sp³-hybridized carbons (Fsp3) is 0.400. The summed E-state index contributed by atoms with van der Waals surface area (Å²) in [4.78, 5) is 15.8. The van der Waals surface area contributed by atoms with Crippen LogP contribution >= 0.6 is 0 Å². The molecular weight excluding hydrogens is 256 g/mol. The molecule has 8 heteroatoms. The number of hydrogen-bond donors (Lipinski definition) is 3. The molecule has 0 aliphatic heterocycles. The van der Waals surface area contributed by atoms with Gasteiger partial charge >= 0.3 is 0 Å². The van der Waals surface area contributed by atoms with Crippen molar-refractivity contribution in [3.05, 3.63) is 23.9 Å². The first-order valence-corrected chi connectivity index (χ1v) is 7.29. The number of pyridine rings is 1. The third-order valence-corrected chi connectivity index (χ3v) is 3.22. The Balaban J connectivity index is 2.77. The minimum absolute atomic E-state index is 0.121. The zero-order valence-electron chi connectivity index (χ0n) is 10.2. The molecule has 0 radical (unpaired) electrons. The van der Waals surface area contributed by atoms with Crippen LogP contribution in [-0.2, 0) is 9.84 Å². The highest BCUT2D eigenvalue weighted by molar-refractivity contribution is 7.90. The van der Waals surface area contributed by atoms with Crippen molar-refractivity contribution in [3.8, 4) is 0 Å². The van der Waals surface area contributed by atoms with E-state index in [0.717, 1.165) is 6.26 Å². The molecule has 1 heterocycles. The summed E-state index contributed by atoms with van der Waals surface area (Å²) in [6.45, 7) is 1.62. The molecule has 1 aromatic rings. The normalized spacial score (nSPS) is 12.8. The van der Waals surface area contributed by atoms with Crippen LogP contribution in [0.4, 0.5) is 5.82 Å². The largest absolute Gasteiger partial charge is 0.348 e. The van der Waals surface area contributed by atoms with Gasteiger partial charge in [-0.15, -0.1) is 0 Å². The number of anilines is 1. The number of nitrogens with one attached hydrogen (secondary N) is 2. The van der Waals surface area contributed by atoms with E-state index in [4.69, 9.17) is 5.84 Å². The number of hydrogen-bond acceptors (Lipinski definition) is 6. The molecule has 1 aromatic heterocycles. The van der Waals surface area contributed by atoms with E-state index in [9.17, 15) is 13.2 Å². The van der Waals surface area contributed by atoms with Gasteiger partial charge in [0.15, 0.2) is 5.82 Å². The zero-order valence-corrected chi connectivity index (χ0v) is 11.0. The molecule has 4 N–H and O–H groups in total. The average molecular weight is 272 g/mol. The highest BCUT2D eigenvalue weighted by Gasteiger charge is 2.16. The molecule has 0 bridgehead atoms. The number of carbonyl (C=O) groups is 1. The van der Waals surface area contributed by atoms with Crippen LogP contribution < -0.4 is 16.6 Å². The first-order chi connectivity index (χ1) is 8.33. The molecule has 0 aliphatic rings. The van der Waals surface area contributed by atoms with E-state index in [0.29, 0.717) is 0 Å². The van der Waals surface area contributed by atoms with Gasteiger partial charge in [0.2, 0.25) is 0 Å². The van der Waals surface area contributed by atoms with Gasteiger partial charge in [-0.25, -0.2) is 19.2 Å². The third kappa shape index (κ3) is 4.30. The van der Waals surface area contributed by atoms with E-state index in [1.165, 1.54) is 6.20 Å². The van der Waals surface area contributed by atoms with E-state index in [1.54, 1.807) is 19.1 Å². The lowest BCUT2D eigenvalue weighted by Crippen LogP contribution is -2.37. The molecule has 0 spiro atoms. The summed E-state index contributed by atoms with van der Waals surface area (Å²) in [6.07, 6.45) is 2.61. The second-order valence-corrected chi connectivity index (χ2v) is 6.20. The van der Waals surface area contributed by atoms with Gasteiger partial charge in [0.1, 0.15) is 9.84 Å². The maximum absolute atomic E-state index is 11.9. The van der Waals surface area contributed by atoms with E-state index >= 15 is 0 Å². The van der Waals surface area contributed by atoms with Gasteiger partial charge in [0.05, 0.1) is 11.3 Å². The number of rotatable bonds is 5. The fourth-order valence-electron chi connectivity index (χ4n) is 1.50. The number of aromatic nitrogens is 1. The summed E-state index contributed by atoms with van der Waals surface area (Å²) in [6, 6.07) is 2.65. The molecule has 1 rings (SSSR count). The molecule has 0 aliphatic carbocycles. The Hall–Kier alpha value is -1.67. The van der Waals surface area contributed by atoms with Gasteiger partial charge in [-0.1, -0.05) is 0 Å². The van der Waals surface area contributed by atoms with Crippen molar-refractivity contribution in [3.63, 3.8) is 0 Å². The van der Waals surface area contributed by atoms with E-state index in [2.05, 4.69) is 15.7 Å². The van der Waals surface area contributed by atoms with Crippen LogP contribution in [0.25, 0.3) is 0 Å². The van der Waals surface area contributed by atoms with Gasteiger partial charge in [-0.3, -0.25) is 4.79 Å².